The molecule has 0 radical (unpaired) electrons. The summed E-state index contributed by atoms with van der Waals surface area (Å²) in [4.78, 5) is 4.19. The first-order chi connectivity index (χ1) is 12.6. The summed E-state index contributed by atoms with van der Waals surface area (Å²) in [6.07, 6.45) is 4.28. The van der Waals surface area contributed by atoms with Gasteiger partial charge in [0.05, 0.1) is 0 Å². The lowest BCUT2D eigenvalue weighted by Gasteiger charge is -2.08. The van der Waals surface area contributed by atoms with Gasteiger partial charge >= 0.3 is 0 Å². The predicted molar refractivity (Wildman–Crippen MR) is 99.5 cm³/mol. The van der Waals surface area contributed by atoms with Crippen molar-refractivity contribution in [1.29, 1.82) is 5.41 Å². The molecule has 26 heavy (non-hydrogen) atoms. The highest BCUT2D eigenvalue weighted by molar-refractivity contribution is 5.81. The van der Waals surface area contributed by atoms with Crippen LogP contribution >= 0.6 is 0 Å². The van der Waals surface area contributed by atoms with E-state index in [0.29, 0.717) is 29.7 Å². The number of hydrogen-bond donors (Lipinski definition) is 2. The Bertz CT molecular complexity index is 897. The summed E-state index contributed by atoms with van der Waals surface area (Å²) in [7, 11) is 0. The van der Waals surface area contributed by atoms with Gasteiger partial charge in [-0.2, -0.15) is 0 Å². The zero-order valence-corrected chi connectivity index (χ0v) is 14.3. The molecule has 0 aliphatic carbocycles. The molecule has 6 heteroatoms. The third kappa shape index (κ3) is 4.51. The highest BCUT2D eigenvalue weighted by atomic mass is 16.5. The van der Waals surface area contributed by atoms with Gasteiger partial charge < -0.3 is 25.0 Å². The lowest BCUT2D eigenvalue weighted by molar-refractivity contribution is 0.300. The molecule has 1 aromatic heterocycles. The van der Waals surface area contributed by atoms with Crippen molar-refractivity contribution < 1.29 is 13.9 Å². The van der Waals surface area contributed by atoms with Crippen LogP contribution in [-0.2, 0) is 6.61 Å². The maximum atomic E-state index is 7.05. The van der Waals surface area contributed by atoms with Crippen molar-refractivity contribution in [2.24, 2.45) is 5.73 Å². The number of oxazole rings is 1. The van der Waals surface area contributed by atoms with Gasteiger partial charge in [0, 0.05) is 18.8 Å². The maximum Gasteiger partial charge on any atom is 0.191 e. The van der Waals surface area contributed by atoms with Gasteiger partial charge in [-0.25, -0.2) is 4.98 Å². The molecule has 6 nitrogen and oxygen atoms in total. The van der Waals surface area contributed by atoms with Crippen molar-refractivity contribution >= 4 is 11.9 Å². The average molecular weight is 349 g/mol. The minimum atomic E-state index is 0.351. The van der Waals surface area contributed by atoms with E-state index in [2.05, 4.69) is 4.98 Å². The summed E-state index contributed by atoms with van der Waals surface area (Å²) >= 11 is 0. The van der Waals surface area contributed by atoms with Gasteiger partial charge in [-0.1, -0.05) is 0 Å². The van der Waals surface area contributed by atoms with E-state index in [0.717, 1.165) is 23.2 Å². The summed E-state index contributed by atoms with van der Waals surface area (Å²) in [6, 6.07) is 14.7. The number of nitrogens with two attached hydrogens (primary N) is 1. The molecule has 0 bridgehead atoms. The Morgan fingerprint density at radius 1 is 1.08 bits per heavy atom. The van der Waals surface area contributed by atoms with E-state index in [4.69, 9.17) is 25.0 Å². The monoisotopic (exact) mass is 349 g/mol. The number of hydrogen-bond acceptors (Lipinski definition) is 6. The molecule has 2 aromatic carbocycles. The number of nitrogens with zero attached hydrogens (tertiary/aromatic N) is 1. The zero-order valence-electron chi connectivity index (χ0n) is 14.3. The van der Waals surface area contributed by atoms with Crippen LogP contribution in [0, 0.1) is 12.3 Å². The fraction of sp³-hybridized carbons (Fsp3) is 0.100. The third-order valence-electron chi connectivity index (χ3n) is 3.56. The second-order valence-electron chi connectivity index (χ2n) is 5.53. The Labute approximate surface area is 151 Å². The molecule has 1 heterocycles. The first kappa shape index (κ1) is 17.3. The van der Waals surface area contributed by atoms with Gasteiger partial charge in [0.2, 0.25) is 0 Å². The van der Waals surface area contributed by atoms with Gasteiger partial charge in [-0.3, -0.25) is 0 Å². The number of aryl methyl sites for hydroxylation is 1. The SMILES string of the molecule is Cc1nc(COc2ccc(Oc3ccc(/C(N)=C/C=N)cc3)cc2)co1. The van der Waals surface area contributed by atoms with E-state index in [9.17, 15) is 0 Å². The number of aromatic nitrogens is 1. The first-order valence-corrected chi connectivity index (χ1v) is 8.02. The second-order valence-corrected chi connectivity index (χ2v) is 5.53. The summed E-state index contributed by atoms with van der Waals surface area (Å²) in [5.41, 5.74) is 7.97. The van der Waals surface area contributed by atoms with E-state index in [1.807, 2.05) is 48.5 Å². The quantitative estimate of drug-likeness (QED) is 0.620. The zero-order chi connectivity index (χ0) is 18.4. The molecule has 0 aliphatic heterocycles. The van der Waals surface area contributed by atoms with Crippen LogP contribution < -0.4 is 15.2 Å². The Hall–Kier alpha value is -3.54. The summed E-state index contributed by atoms with van der Waals surface area (Å²) in [6.45, 7) is 2.14. The number of ether oxygens (including phenoxy) is 2. The van der Waals surface area contributed by atoms with Crippen LogP contribution in [-0.4, -0.2) is 11.2 Å². The van der Waals surface area contributed by atoms with Crippen molar-refractivity contribution in [3.63, 3.8) is 0 Å². The fourth-order valence-electron chi connectivity index (χ4n) is 2.27. The van der Waals surface area contributed by atoms with Crippen LogP contribution in [0.3, 0.4) is 0 Å². The molecule has 3 aromatic rings. The molecule has 0 spiro atoms. The van der Waals surface area contributed by atoms with Gasteiger partial charge in [0.1, 0.15) is 35.8 Å². The molecular formula is C20H19N3O3. The maximum absolute atomic E-state index is 7.05. The van der Waals surface area contributed by atoms with Crippen LogP contribution in [0.4, 0.5) is 0 Å². The Kier molecular flexibility index (Phi) is 5.34. The molecule has 0 atom stereocenters. The first-order valence-electron chi connectivity index (χ1n) is 8.02. The number of allylic oxidation sites excluding steroid dienone is 1. The Balaban J connectivity index is 1.58. The summed E-state index contributed by atoms with van der Waals surface area (Å²) in [5.74, 6) is 2.74. The number of benzene rings is 2. The Morgan fingerprint density at radius 2 is 1.69 bits per heavy atom. The smallest absolute Gasteiger partial charge is 0.191 e. The van der Waals surface area contributed by atoms with Gasteiger partial charge in [0.15, 0.2) is 5.89 Å². The molecule has 0 aliphatic rings. The topological polar surface area (TPSA) is 94.4 Å². The minimum Gasteiger partial charge on any atom is -0.487 e. The van der Waals surface area contributed by atoms with Crippen LogP contribution in [0.15, 0.2) is 65.3 Å². The molecule has 0 saturated heterocycles. The van der Waals surface area contributed by atoms with E-state index in [-0.39, 0.29) is 0 Å². The van der Waals surface area contributed by atoms with Crippen molar-refractivity contribution in [3.05, 3.63) is 78.0 Å². The number of rotatable bonds is 7. The van der Waals surface area contributed by atoms with Crippen molar-refractivity contribution in [2.45, 2.75) is 13.5 Å². The largest absolute Gasteiger partial charge is 0.487 e. The van der Waals surface area contributed by atoms with E-state index in [1.165, 1.54) is 6.08 Å². The molecule has 3 N–H and O–H groups in total. The van der Waals surface area contributed by atoms with Gasteiger partial charge in [0.25, 0.3) is 0 Å². The normalized spacial score (nSPS) is 11.2. The van der Waals surface area contributed by atoms with Gasteiger partial charge in [-0.15, -0.1) is 0 Å². The van der Waals surface area contributed by atoms with Crippen molar-refractivity contribution in [2.75, 3.05) is 0 Å². The summed E-state index contributed by atoms with van der Waals surface area (Å²) < 4.78 is 16.6. The van der Waals surface area contributed by atoms with E-state index >= 15 is 0 Å². The van der Waals surface area contributed by atoms with Crippen LogP contribution in [0.5, 0.6) is 17.2 Å². The van der Waals surface area contributed by atoms with E-state index < -0.39 is 0 Å². The van der Waals surface area contributed by atoms with Crippen molar-refractivity contribution in [3.8, 4) is 17.2 Å². The van der Waals surface area contributed by atoms with Gasteiger partial charge in [-0.05, 0) is 60.2 Å². The number of nitrogens with one attached hydrogen (secondary N) is 1. The highest BCUT2D eigenvalue weighted by Gasteiger charge is 2.03. The molecule has 3 rings (SSSR count). The fourth-order valence-corrected chi connectivity index (χ4v) is 2.27. The lowest BCUT2D eigenvalue weighted by Crippen LogP contribution is -1.96. The minimum absolute atomic E-state index is 0.351. The molecular weight excluding hydrogens is 330 g/mol. The average Bonchev–Trinajstić information content (AvgIpc) is 3.07. The predicted octanol–water partition coefficient (Wildman–Crippen LogP) is 4.30. The highest BCUT2D eigenvalue weighted by Crippen LogP contribution is 2.25. The van der Waals surface area contributed by atoms with Crippen LogP contribution in [0.25, 0.3) is 5.70 Å². The molecule has 132 valence electrons. The van der Waals surface area contributed by atoms with Crippen LogP contribution in [0.1, 0.15) is 17.1 Å². The molecule has 0 unspecified atom stereocenters. The van der Waals surface area contributed by atoms with Crippen molar-refractivity contribution in [1.82, 2.24) is 4.98 Å². The summed E-state index contributed by atoms with van der Waals surface area (Å²) in [5, 5.41) is 7.05. The standard InChI is InChI=1S/C20H19N3O3/c1-14-23-16(12-24-14)13-25-17-6-8-19(9-7-17)26-18-4-2-15(3-5-18)20(22)10-11-21/h2-12,21H,13,22H2,1H3/b20-10-,21-11?. The Morgan fingerprint density at radius 3 is 2.27 bits per heavy atom. The molecule has 0 fully saturated rings. The molecule has 0 amide bonds. The lowest BCUT2D eigenvalue weighted by atomic mass is 10.1. The molecule has 0 saturated carbocycles. The van der Waals surface area contributed by atoms with E-state index in [1.54, 1.807) is 13.2 Å². The second kappa shape index (κ2) is 8.02. The van der Waals surface area contributed by atoms with Crippen LogP contribution in [0.2, 0.25) is 0 Å². The third-order valence-corrected chi connectivity index (χ3v) is 3.56.